The van der Waals surface area contributed by atoms with Crippen LogP contribution in [-0.2, 0) is 13.0 Å². The van der Waals surface area contributed by atoms with Crippen molar-refractivity contribution in [3.05, 3.63) is 30.0 Å². The van der Waals surface area contributed by atoms with Gasteiger partial charge in [0.25, 0.3) is 0 Å². The maximum absolute atomic E-state index is 9.91. The third-order valence-corrected chi connectivity index (χ3v) is 2.92. The van der Waals surface area contributed by atoms with Crippen molar-refractivity contribution in [2.75, 3.05) is 0 Å². The topological polar surface area (TPSA) is 45.4 Å². The lowest BCUT2D eigenvalue weighted by Crippen LogP contribution is -2.21. The van der Waals surface area contributed by atoms with Gasteiger partial charge in [-0.15, -0.1) is 0 Å². The second kappa shape index (κ2) is 4.08. The molecule has 0 fully saturated rings. The molecule has 1 aromatic heterocycles. The molecule has 0 saturated carbocycles. The SMILES string of the molecule is CCn1cc(CC(C)(C)O)c2cccc(O)c21. The first kappa shape index (κ1) is 12.0. The fraction of sp³-hybridized carbons (Fsp3) is 0.429. The molecule has 1 heterocycles. The number of aryl methyl sites for hydroxylation is 1. The Morgan fingerprint density at radius 3 is 2.59 bits per heavy atom. The average Bonchev–Trinajstić information content (AvgIpc) is 2.56. The summed E-state index contributed by atoms with van der Waals surface area (Å²) in [6, 6.07) is 5.52. The first-order valence-corrected chi connectivity index (χ1v) is 5.94. The summed E-state index contributed by atoms with van der Waals surface area (Å²) in [7, 11) is 0. The molecule has 17 heavy (non-hydrogen) atoms. The first-order chi connectivity index (χ1) is 7.92. The van der Waals surface area contributed by atoms with E-state index in [1.807, 2.05) is 29.8 Å². The zero-order chi connectivity index (χ0) is 12.6. The van der Waals surface area contributed by atoms with Crippen molar-refractivity contribution in [1.29, 1.82) is 0 Å². The molecule has 0 radical (unpaired) electrons. The van der Waals surface area contributed by atoms with E-state index in [0.717, 1.165) is 23.0 Å². The smallest absolute Gasteiger partial charge is 0.139 e. The fourth-order valence-electron chi connectivity index (χ4n) is 2.27. The molecule has 2 aromatic rings. The first-order valence-electron chi connectivity index (χ1n) is 5.94. The molecule has 2 rings (SSSR count). The van der Waals surface area contributed by atoms with E-state index in [2.05, 4.69) is 0 Å². The van der Waals surface area contributed by atoms with E-state index in [1.54, 1.807) is 19.9 Å². The van der Waals surface area contributed by atoms with Gasteiger partial charge in [-0.3, -0.25) is 0 Å². The minimum Gasteiger partial charge on any atom is -0.506 e. The molecule has 3 heteroatoms. The monoisotopic (exact) mass is 233 g/mol. The highest BCUT2D eigenvalue weighted by Gasteiger charge is 2.18. The molecular weight excluding hydrogens is 214 g/mol. The van der Waals surface area contributed by atoms with E-state index in [0.29, 0.717) is 12.2 Å². The molecule has 0 aliphatic rings. The molecule has 92 valence electrons. The van der Waals surface area contributed by atoms with Crippen LogP contribution in [-0.4, -0.2) is 20.4 Å². The van der Waals surface area contributed by atoms with E-state index >= 15 is 0 Å². The average molecular weight is 233 g/mol. The van der Waals surface area contributed by atoms with Crippen LogP contribution >= 0.6 is 0 Å². The van der Waals surface area contributed by atoms with Crippen molar-refractivity contribution in [3.63, 3.8) is 0 Å². The number of aromatic hydroxyl groups is 1. The highest BCUT2D eigenvalue weighted by Crippen LogP contribution is 2.30. The van der Waals surface area contributed by atoms with Gasteiger partial charge in [0, 0.05) is 24.5 Å². The Balaban J connectivity index is 2.62. The number of fused-ring (bicyclic) bond motifs is 1. The van der Waals surface area contributed by atoms with Crippen LogP contribution in [0.25, 0.3) is 10.9 Å². The quantitative estimate of drug-likeness (QED) is 0.856. The molecule has 3 nitrogen and oxygen atoms in total. The Morgan fingerprint density at radius 2 is 2.00 bits per heavy atom. The maximum Gasteiger partial charge on any atom is 0.139 e. The molecule has 0 aliphatic carbocycles. The van der Waals surface area contributed by atoms with Crippen LogP contribution in [0.3, 0.4) is 0 Å². The van der Waals surface area contributed by atoms with Gasteiger partial charge in [0.2, 0.25) is 0 Å². The Morgan fingerprint density at radius 1 is 1.29 bits per heavy atom. The highest BCUT2D eigenvalue weighted by molar-refractivity contribution is 5.89. The number of aromatic nitrogens is 1. The van der Waals surface area contributed by atoms with Crippen LogP contribution in [0, 0.1) is 0 Å². The molecule has 0 aliphatic heterocycles. The van der Waals surface area contributed by atoms with Crippen LogP contribution in [0.1, 0.15) is 26.3 Å². The molecule has 0 bridgehead atoms. The van der Waals surface area contributed by atoms with E-state index in [4.69, 9.17) is 0 Å². The Hall–Kier alpha value is -1.48. The molecule has 0 spiro atoms. The Kier molecular flexibility index (Phi) is 2.87. The van der Waals surface area contributed by atoms with Gasteiger partial charge in [-0.2, -0.15) is 0 Å². The number of rotatable bonds is 3. The number of phenols is 1. The molecule has 1 aromatic carbocycles. The van der Waals surface area contributed by atoms with Crippen LogP contribution in [0.4, 0.5) is 0 Å². The van der Waals surface area contributed by atoms with E-state index in [1.165, 1.54) is 0 Å². The summed E-state index contributed by atoms with van der Waals surface area (Å²) in [4.78, 5) is 0. The zero-order valence-electron chi connectivity index (χ0n) is 10.6. The zero-order valence-corrected chi connectivity index (χ0v) is 10.6. The summed E-state index contributed by atoms with van der Waals surface area (Å²) in [6.07, 6.45) is 2.60. The standard InChI is InChI=1S/C14H19NO2/c1-4-15-9-10(8-14(2,3)17)11-6-5-7-12(16)13(11)15/h5-7,9,16-17H,4,8H2,1-3H3. The van der Waals surface area contributed by atoms with Crippen LogP contribution < -0.4 is 0 Å². The van der Waals surface area contributed by atoms with Crippen LogP contribution in [0.15, 0.2) is 24.4 Å². The number of nitrogens with zero attached hydrogens (tertiary/aromatic N) is 1. The number of aliphatic hydroxyl groups is 1. The van der Waals surface area contributed by atoms with Crippen molar-refractivity contribution in [3.8, 4) is 5.75 Å². The van der Waals surface area contributed by atoms with Crippen molar-refractivity contribution in [2.45, 2.75) is 39.3 Å². The lowest BCUT2D eigenvalue weighted by molar-refractivity contribution is 0.0813. The fourth-order valence-corrected chi connectivity index (χ4v) is 2.27. The largest absolute Gasteiger partial charge is 0.506 e. The number of hydrogen-bond acceptors (Lipinski definition) is 2. The van der Waals surface area contributed by atoms with E-state index < -0.39 is 5.60 Å². The van der Waals surface area contributed by atoms with Gasteiger partial charge in [-0.1, -0.05) is 12.1 Å². The van der Waals surface area contributed by atoms with Crippen molar-refractivity contribution >= 4 is 10.9 Å². The Bertz CT molecular complexity index is 535. The van der Waals surface area contributed by atoms with Gasteiger partial charge in [0.1, 0.15) is 5.75 Å². The number of hydrogen-bond donors (Lipinski definition) is 2. The third kappa shape index (κ3) is 2.29. The van der Waals surface area contributed by atoms with E-state index in [9.17, 15) is 10.2 Å². The summed E-state index contributed by atoms with van der Waals surface area (Å²) in [5.74, 6) is 0.298. The molecule has 0 saturated heterocycles. The minimum atomic E-state index is -0.738. The van der Waals surface area contributed by atoms with Crippen LogP contribution in [0.2, 0.25) is 0 Å². The summed E-state index contributed by atoms with van der Waals surface area (Å²) >= 11 is 0. The van der Waals surface area contributed by atoms with Gasteiger partial charge in [-0.25, -0.2) is 0 Å². The van der Waals surface area contributed by atoms with Crippen molar-refractivity contribution < 1.29 is 10.2 Å². The summed E-state index contributed by atoms with van der Waals surface area (Å²) < 4.78 is 2.02. The molecular formula is C14H19NO2. The van der Waals surface area contributed by atoms with Gasteiger partial charge >= 0.3 is 0 Å². The summed E-state index contributed by atoms with van der Waals surface area (Å²) in [5, 5.41) is 20.8. The van der Waals surface area contributed by atoms with Gasteiger partial charge in [0.15, 0.2) is 0 Å². The third-order valence-electron chi connectivity index (χ3n) is 2.92. The normalized spacial score (nSPS) is 12.2. The minimum absolute atomic E-state index is 0.298. The molecule has 0 amide bonds. The van der Waals surface area contributed by atoms with Gasteiger partial charge in [-0.05, 0) is 32.4 Å². The summed E-state index contributed by atoms with van der Waals surface area (Å²) in [5.41, 5.74) is 1.19. The predicted octanol–water partition coefficient (Wildman–Crippen LogP) is 2.68. The predicted molar refractivity (Wildman–Crippen MR) is 69.3 cm³/mol. The maximum atomic E-state index is 9.91. The lowest BCUT2D eigenvalue weighted by atomic mass is 9.98. The lowest BCUT2D eigenvalue weighted by Gasteiger charge is -2.16. The second-order valence-corrected chi connectivity index (χ2v) is 5.10. The van der Waals surface area contributed by atoms with Crippen molar-refractivity contribution in [1.82, 2.24) is 4.57 Å². The number of benzene rings is 1. The van der Waals surface area contributed by atoms with Gasteiger partial charge < -0.3 is 14.8 Å². The van der Waals surface area contributed by atoms with E-state index in [-0.39, 0.29) is 0 Å². The van der Waals surface area contributed by atoms with Crippen molar-refractivity contribution in [2.24, 2.45) is 0 Å². The highest BCUT2D eigenvalue weighted by atomic mass is 16.3. The number of para-hydroxylation sites is 1. The molecule has 0 unspecified atom stereocenters. The van der Waals surface area contributed by atoms with Crippen LogP contribution in [0.5, 0.6) is 5.75 Å². The Labute approximate surface area is 101 Å². The van der Waals surface area contributed by atoms with Gasteiger partial charge in [0.05, 0.1) is 11.1 Å². The molecule has 2 N–H and O–H groups in total. The number of phenolic OH excluding ortho intramolecular Hbond substituents is 1. The molecule has 0 atom stereocenters. The second-order valence-electron chi connectivity index (χ2n) is 5.10. The summed E-state index contributed by atoms with van der Waals surface area (Å²) in [6.45, 7) is 6.44.